The van der Waals surface area contributed by atoms with Crippen LogP contribution in [0.15, 0.2) is 18.2 Å². The Bertz CT molecular complexity index is 650. The van der Waals surface area contributed by atoms with Gasteiger partial charge in [-0.2, -0.15) is 0 Å². The number of carbonyl (C=O) groups is 3. The van der Waals surface area contributed by atoms with E-state index < -0.39 is 29.6 Å². The van der Waals surface area contributed by atoms with Crippen molar-refractivity contribution in [2.24, 2.45) is 0 Å². The summed E-state index contributed by atoms with van der Waals surface area (Å²) in [7, 11) is 1.30. The van der Waals surface area contributed by atoms with Gasteiger partial charge in [0.05, 0.1) is 19.6 Å². The average molecular weight is 476 g/mol. The monoisotopic (exact) mass is 476 g/mol. The lowest BCUT2D eigenvalue weighted by Gasteiger charge is -2.21. The van der Waals surface area contributed by atoms with Crippen molar-refractivity contribution < 1.29 is 23.9 Å². The van der Waals surface area contributed by atoms with E-state index in [-0.39, 0.29) is 13.0 Å². The van der Waals surface area contributed by atoms with Crippen LogP contribution in [0.4, 0.5) is 4.79 Å². The van der Waals surface area contributed by atoms with Gasteiger partial charge in [0, 0.05) is 3.57 Å². The number of esters is 1. The van der Waals surface area contributed by atoms with E-state index in [1.54, 1.807) is 20.8 Å². The van der Waals surface area contributed by atoms with E-state index in [2.05, 4.69) is 33.2 Å². The van der Waals surface area contributed by atoms with Crippen LogP contribution in [0.3, 0.4) is 0 Å². The highest BCUT2D eigenvalue weighted by atomic mass is 127. The summed E-state index contributed by atoms with van der Waals surface area (Å²) >= 11 is 2.18. The molecule has 1 rings (SSSR count). The minimum Gasteiger partial charge on any atom is -0.469 e. The molecule has 0 spiro atoms. The molecule has 1 aromatic rings. The Kier molecular flexibility index (Phi) is 8.32. The molecule has 26 heavy (non-hydrogen) atoms. The van der Waals surface area contributed by atoms with Crippen molar-refractivity contribution in [1.82, 2.24) is 10.6 Å². The molecule has 0 aliphatic rings. The molecular weight excluding hydrogens is 451 g/mol. The lowest BCUT2D eigenvalue weighted by molar-refractivity contribution is -0.141. The molecule has 0 unspecified atom stereocenters. The number of benzene rings is 1. The summed E-state index contributed by atoms with van der Waals surface area (Å²) in [6.45, 7) is 6.89. The smallest absolute Gasteiger partial charge is 0.408 e. The lowest BCUT2D eigenvalue weighted by atomic mass is 10.0. The fraction of sp³-hybridized carbons (Fsp3) is 0.500. The summed E-state index contributed by atoms with van der Waals surface area (Å²) in [6.07, 6.45) is -0.684. The van der Waals surface area contributed by atoms with Gasteiger partial charge in [0.25, 0.3) is 0 Å². The normalized spacial score (nSPS) is 12.1. The van der Waals surface area contributed by atoms with Gasteiger partial charge in [-0.25, -0.2) is 4.79 Å². The number of alkyl carbamates (subject to hydrolysis) is 1. The van der Waals surface area contributed by atoms with E-state index in [0.717, 1.165) is 14.7 Å². The van der Waals surface area contributed by atoms with Gasteiger partial charge < -0.3 is 20.1 Å². The van der Waals surface area contributed by atoms with E-state index in [4.69, 9.17) is 9.47 Å². The number of methoxy groups -OCH3 is 1. The van der Waals surface area contributed by atoms with Crippen LogP contribution in [0, 0.1) is 10.5 Å². The van der Waals surface area contributed by atoms with E-state index >= 15 is 0 Å². The summed E-state index contributed by atoms with van der Waals surface area (Å²) in [6, 6.07) is 5.23. The highest BCUT2D eigenvalue weighted by molar-refractivity contribution is 14.1. The van der Waals surface area contributed by atoms with Crippen LogP contribution in [0.1, 0.15) is 44.4 Å². The summed E-state index contributed by atoms with van der Waals surface area (Å²) in [5.74, 6) is -0.867. The zero-order valence-electron chi connectivity index (χ0n) is 15.6. The Hall–Kier alpha value is -1.84. The van der Waals surface area contributed by atoms with Crippen molar-refractivity contribution in [2.75, 3.05) is 13.7 Å². The van der Waals surface area contributed by atoms with Crippen molar-refractivity contribution in [3.05, 3.63) is 32.9 Å². The van der Waals surface area contributed by atoms with Gasteiger partial charge in [-0.3, -0.25) is 9.59 Å². The van der Waals surface area contributed by atoms with Crippen LogP contribution in [-0.4, -0.2) is 37.2 Å². The summed E-state index contributed by atoms with van der Waals surface area (Å²) in [5, 5.41) is 5.15. The first-order chi connectivity index (χ1) is 12.0. The maximum Gasteiger partial charge on any atom is 0.408 e. The number of amides is 2. The molecule has 144 valence electrons. The first-order valence-electron chi connectivity index (χ1n) is 8.10. The van der Waals surface area contributed by atoms with E-state index in [0.29, 0.717) is 0 Å². The van der Waals surface area contributed by atoms with Crippen LogP contribution >= 0.6 is 22.6 Å². The Morgan fingerprint density at radius 2 is 1.85 bits per heavy atom. The van der Waals surface area contributed by atoms with Crippen molar-refractivity contribution in [1.29, 1.82) is 0 Å². The van der Waals surface area contributed by atoms with Gasteiger partial charge in [0.1, 0.15) is 12.1 Å². The van der Waals surface area contributed by atoms with Crippen LogP contribution in [0.25, 0.3) is 0 Å². The number of ether oxygens (including phenoxy) is 2. The van der Waals surface area contributed by atoms with Crippen molar-refractivity contribution in [2.45, 2.75) is 45.8 Å². The van der Waals surface area contributed by atoms with Gasteiger partial charge in [-0.05, 0) is 73.5 Å². The van der Waals surface area contributed by atoms with Gasteiger partial charge in [-0.1, -0.05) is 6.07 Å². The van der Waals surface area contributed by atoms with Gasteiger partial charge >= 0.3 is 12.1 Å². The molecule has 1 aromatic carbocycles. The SMILES string of the molecule is COC(=O)C[C@H](NC(=O)CNC(=O)OC(C)(C)C)c1cc(C)cc(I)c1. The molecule has 0 aromatic heterocycles. The molecule has 0 radical (unpaired) electrons. The topological polar surface area (TPSA) is 93.7 Å². The molecule has 1 atom stereocenters. The maximum absolute atomic E-state index is 12.2. The largest absolute Gasteiger partial charge is 0.469 e. The van der Waals surface area contributed by atoms with Crippen LogP contribution < -0.4 is 10.6 Å². The number of carbonyl (C=O) groups excluding carboxylic acids is 3. The number of nitrogens with one attached hydrogen (secondary N) is 2. The molecule has 2 amide bonds. The Morgan fingerprint density at radius 3 is 2.38 bits per heavy atom. The second-order valence-electron chi connectivity index (χ2n) is 6.82. The van der Waals surface area contributed by atoms with Crippen molar-refractivity contribution in [3.63, 3.8) is 0 Å². The van der Waals surface area contributed by atoms with Crippen LogP contribution in [-0.2, 0) is 19.1 Å². The number of halogens is 1. The molecule has 0 saturated carbocycles. The molecule has 7 nitrogen and oxygen atoms in total. The number of hydrogen-bond acceptors (Lipinski definition) is 5. The Morgan fingerprint density at radius 1 is 1.19 bits per heavy atom. The van der Waals surface area contributed by atoms with Gasteiger partial charge in [0.2, 0.25) is 5.91 Å². The zero-order valence-corrected chi connectivity index (χ0v) is 17.8. The summed E-state index contributed by atoms with van der Waals surface area (Å²) in [5.41, 5.74) is 1.17. The van der Waals surface area contributed by atoms with Gasteiger partial charge in [-0.15, -0.1) is 0 Å². The second-order valence-corrected chi connectivity index (χ2v) is 8.06. The third kappa shape index (κ3) is 8.50. The minimum absolute atomic E-state index is 0.00574. The fourth-order valence-corrected chi connectivity index (χ4v) is 3.03. The molecule has 0 bridgehead atoms. The molecule has 0 fully saturated rings. The third-order valence-electron chi connectivity index (χ3n) is 3.19. The number of rotatable bonds is 6. The van der Waals surface area contributed by atoms with E-state index in [1.807, 2.05) is 25.1 Å². The standard InChI is InChI=1S/C18H25IN2O5/c1-11-6-12(8-13(19)7-11)14(9-16(23)25-5)21-15(22)10-20-17(24)26-18(2,3)4/h6-8,14H,9-10H2,1-5H3,(H,20,24)(H,21,22)/t14-/m0/s1. The average Bonchev–Trinajstić information content (AvgIpc) is 2.49. The molecule has 0 heterocycles. The first kappa shape index (κ1) is 22.2. The van der Waals surface area contributed by atoms with E-state index in [1.165, 1.54) is 7.11 Å². The van der Waals surface area contributed by atoms with E-state index in [9.17, 15) is 14.4 Å². The highest BCUT2D eigenvalue weighted by Gasteiger charge is 2.21. The fourth-order valence-electron chi connectivity index (χ4n) is 2.18. The molecule has 0 saturated heterocycles. The predicted molar refractivity (Wildman–Crippen MR) is 106 cm³/mol. The van der Waals surface area contributed by atoms with Crippen LogP contribution in [0.5, 0.6) is 0 Å². The van der Waals surface area contributed by atoms with Crippen molar-refractivity contribution >= 4 is 40.6 Å². The first-order valence-corrected chi connectivity index (χ1v) is 9.18. The second kappa shape index (κ2) is 9.75. The Balaban J connectivity index is 2.77. The number of aryl methyl sites for hydroxylation is 1. The highest BCUT2D eigenvalue weighted by Crippen LogP contribution is 2.21. The van der Waals surface area contributed by atoms with Crippen LogP contribution in [0.2, 0.25) is 0 Å². The lowest BCUT2D eigenvalue weighted by Crippen LogP contribution is -2.41. The van der Waals surface area contributed by atoms with Crippen molar-refractivity contribution in [3.8, 4) is 0 Å². The van der Waals surface area contributed by atoms with Gasteiger partial charge in [0.15, 0.2) is 0 Å². The third-order valence-corrected chi connectivity index (χ3v) is 3.82. The zero-order chi connectivity index (χ0) is 19.9. The predicted octanol–water partition coefficient (Wildman–Crippen LogP) is 2.84. The Labute approximate surface area is 167 Å². The molecule has 0 aliphatic heterocycles. The molecule has 2 N–H and O–H groups in total. The quantitative estimate of drug-likeness (QED) is 0.487. The minimum atomic E-state index is -0.678. The summed E-state index contributed by atoms with van der Waals surface area (Å²) < 4.78 is 10.8. The molecule has 0 aliphatic carbocycles. The molecule has 8 heteroatoms. The molecular formula is C18H25IN2O5. The maximum atomic E-state index is 12.2. The summed E-state index contributed by atoms with van der Waals surface area (Å²) in [4.78, 5) is 35.5. The number of hydrogen-bond donors (Lipinski definition) is 2.